The maximum absolute atomic E-state index is 9.47. The summed E-state index contributed by atoms with van der Waals surface area (Å²) in [6, 6.07) is 11.3. The summed E-state index contributed by atoms with van der Waals surface area (Å²) < 4.78 is 7.69. The molecule has 0 aliphatic carbocycles. The first-order chi connectivity index (χ1) is 11.3. The number of rotatable bonds is 3. The first-order valence-electron chi connectivity index (χ1n) is 7.98. The molecule has 0 saturated carbocycles. The van der Waals surface area contributed by atoms with E-state index in [1.807, 2.05) is 30.5 Å². The standard InChI is InChI=1S/C18H19N3O2/c22-15-5-3-13(4-6-15)12-21-17(14-7-10-23-11-8-14)20-16-2-1-9-19-18(16)21/h1-6,9,14,22H,7-8,10-12H2. The number of nitrogens with zero attached hydrogens (tertiary/aromatic N) is 3. The van der Waals surface area contributed by atoms with E-state index in [-0.39, 0.29) is 5.75 Å². The number of phenolic OH excluding ortho intramolecular Hbond substituents is 1. The van der Waals surface area contributed by atoms with Crippen molar-refractivity contribution in [1.82, 2.24) is 14.5 Å². The second kappa shape index (κ2) is 6.01. The summed E-state index contributed by atoms with van der Waals surface area (Å²) in [5.74, 6) is 1.79. The minimum absolute atomic E-state index is 0.284. The molecule has 3 aromatic rings. The largest absolute Gasteiger partial charge is 0.508 e. The van der Waals surface area contributed by atoms with Crippen molar-refractivity contribution in [2.45, 2.75) is 25.3 Å². The molecule has 1 aliphatic heterocycles. The molecule has 4 rings (SSSR count). The van der Waals surface area contributed by atoms with E-state index in [0.717, 1.165) is 48.6 Å². The Kier molecular flexibility index (Phi) is 3.71. The molecule has 2 aromatic heterocycles. The van der Waals surface area contributed by atoms with Gasteiger partial charge in [-0.1, -0.05) is 12.1 Å². The zero-order valence-electron chi connectivity index (χ0n) is 12.9. The fourth-order valence-corrected chi connectivity index (χ4v) is 3.18. The Morgan fingerprint density at radius 2 is 1.91 bits per heavy atom. The third kappa shape index (κ3) is 2.80. The Morgan fingerprint density at radius 1 is 1.13 bits per heavy atom. The van der Waals surface area contributed by atoms with Gasteiger partial charge in [0.1, 0.15) is 17.1 Å². The topological polar surface area (TPSA) is 60.2 Å². The smallest absolute Gasteiger partial charge is 0.160 e. The molecule has 5 nitrogen and oxygen atoms in total. The van der Waals surface area contributed by atoms with Crippen molar-refractivity contribution in [3.05, 3.63) is 54.0 Å². The van der Waals surface area contributed by atoms with Crippen LogP contribution in [-0.4, -0.2) is 32.9 Å². The average molecular weight is 309 g/mol. The van der Waals surface area contributed by atoms with Crippen molar-refractivity contribution in [2.75, 3.05) is 13.2 Å². The number of aromatic hydroxyl groups is 1. The number of hydrogen-bond donors (Lipinski definition) is 1. The highest BCUT2D eigenvalue weighted by Crippen LogP contribution is 2.29. The molecule has 0 unspecified atom stereocenters. The average Bonchev–Trinajstić information content (AvgIpc) is 2.96. The molecule has 1 N–H and O–H groups in total. The lowest BCUT2D eigenvalue weighted by Gasteiger charge is -2.22. The van der Waals surface area contributed by atoms with Gasteiger partial charge in [-0.2, -0.15) is 0 Å². The van der Waals surface area contributed by atoms with Crippen LogP contribution in [0.2, 0.25) is 0 Å². The van der Waals surface area contributed by atoms with E-state index in [1.165, 1.54) is 0 Å². The van der Waals surface area contributed by atoms with Gasteiger partial charge in [0.25, 0.3) is 0 Å². The van der Waals surface area contributed by atoms with Gasteiger partial charge in [-0.3, -0.25) is 0 Å². The quantitative estimate of drug-likeness (QED) is 0.807. The molecule has 1 fully saturated rings. The summed E-state index contributed by atoms with van der Waals surface area (Å²) in [6.07, 6.45) is 3.81. The predicted molar refractivity (Wildman–Crippen MR) is 87.5 cm³/mol. The lowest BCUT2D eigenvalue weighted by Crippen LogP contribution is -2.18. The number of aromatic nitrogens is 3. The van der Waals surface area contributed by atoms with Gasteiger partial charge in [-0.15, -0.1) is 0 Å². The van der Waals surface area contributed by atoms with Crippen LogP contribution in [0.4, 0.5) is 0 Å². The van der Waals surface area contributed by atoms with Crippen LogP contribution in [0.1, 0.15) is 30.1 Å². The molecule has 118 valence electrons. The molecule has 0 atom stereocenters. The third-order valence-corrected chi connectivity index (χ3v) is 4.40. The lowest BCUT2D eigenvalue weighted by atomic mass is 9.99. The minimum atomic E-state index is 0.284. The van der Waals surface area contributed by atoms with E-state index in [1.54, 1.807) is 12.1 Å². The molecule has 1 aliphatic rings. The van der Waals surface area contributed by atoms with Gasteiger partial charge in [0.05, 0.1) is 6.54 Å². The summed E-state index contributed by atoms with van der Waals surface area (Å²) in [6.45, 7) is 2.29. The Hall–Kier alpha value is -2.40. The first-order valence-corrected chi connectivity index (χ1v) is 7.98. The van der Waals surface area contributed by atoms with Crippen LogP contribution in [0, 0.1) is 0 Å². The number of phenols is 1. The molecule has 23 heavy (non-hydrogen) atoms. The highest BCUT2D eigenvalue weighted by atomic mass is 16.5. The summed E-state index contributed by atoms with van der Waals surface area (Å²) in [7, 11) is 0. The molecular formula is C18H19N3O2. The summed E-state index contributed by atoms with van der Waals surface area (Å²) in [4.78, 5) is 9.38. The molecule has 1 saturated heterocycles. The molecule has 1 aromatic carbocycles. The number of pyridine rings is 1. The lowest BCUT2D eigenvalue weighted by molar-refractivity contribution is 0.0830. The molecule has 0 spiro atoms. The maximum Gasteiger partial charge on any atom is 0.160 e. The number of ether oxygens (including phenoxy) is 1. The van der Waals surface area contributed by atoms with Crippen molar-refractivity contribution in [1.29, 1.82) is 0 Å². The van der Waals surface area contributed by atoms with E-state index >= 15 is 0 Å². The molecule has 0 bridgehead atoms. The molecule has 0 radical (unpaired) electrons. The maximum atomic E-state index is 9.47. The van der Waals surface area contributed by atoms with Crippen LogP contribution in [0.5, 0.6) is 5.75 Å². The second-order valence-electron chi connectivity index (χ2n) is 5.96. The Balaban J connectivity index is 1.77. The normalized spacial score (nSPS) is 16.0. The third-order valence-electron chi connectivity index (χ3n) is 4.40. The van der Waals surface area contributed by atoms with Gasteiger partial charge < -0.3 is 14.4 Å². The van der Waals surface area contributed by atoms with Crippen LogP contribution in [0.25, 0.3) is 11.2 Å². The summed E-state index contributed by atoms with van der Waals surface area (Å²) in [5, 5.41) is 9.47. The van der Waals surface area contributed by atoms with Crippen molar-refractivity contribution in [3.63, 3.8) is 0 Å². The van der Waals surface area contributed by atoms with Crippen LogP contribution >= 0.6 is 0 Å². The van der Waals surface area contributed by atoms with Gasteiger partial charge in [0.15, 0.2) is 5.65 Å². The molecule has 5 heteroatoms. The predicted octanol–water partition coefficient (Wildman–Crippen LogP) is 3.08. The van der Waals surface area contributed by atoms with Crippen LogP contribution in [0.15, 0.2) is 42.6 Å². The fourth-order valence-electron chi connectivity index (χ4n) is 3.18. The first kappa shape index (κ1) is 14.2. The molecule has 0 amide bonds. The van der Waals surface area contributed by atoms with Gasteiger partial charge in [-0.05, 0) is 42.7 Å². The molecular weight excluding hydrogens is 290 g/mol. The number of fused-ring (bicyclic) bond motifs is 1. The zero-order valence-corrected chi connectivity index (χ0v) is 12.9. The van der Waals surface area contributed by atoms with Gasteiger partial charge in [0.2, 0.25) is 0 Å². The highest BCUT2D eigenvalue weighted by Gasteiger charge is 2.23. The number of hydrogen-bond acceptors (Lipinski definition) is 4. The van der Waals surface area contributed by atoms with Crippen molar-refractivity contribution in [2.24, 2.45) is 0 Å². The van der Waals surface area contributed by atoms with E-state index < -0.39 is 0 Å². The van der Waals surface area contributed by atoms with Crippen LogP contribution < -0.4 is 0 Å². The Morgan fingerprint density at radius 3 is 2.70 bits per heavy atom. The SMILES string of the molecule is Oc1ccc(Cn2c(C3CCOCC3)nc3cccnc32)cc1. The number of imidazole rings is 1. The second-order valence-corrected chi connectivity index (χ2v) is 5.96. The number of benzene rings is 1. The Bertz CT molecular complexity index is 805. The van der Waals surface area contributed by atoms with Crippen LogP contribution in [-0.2, 0) is 11.3 Å². The van der Waals surface area contributed by atoms with E-state index in [9.17, 15) is 5.11 Å². The van der Waals surface area contributed by atoms with Crippen molar-refractivity contribution >= 4 is 11.2 Å². The highest BCUT2D eigenvalue weighted by molar-refractivity contribution is 5.71. The minimum Gasteiger partial charge on any atom is -0.508 e. The van der Waals surface area contributed by atoms with E-state index in [0.29, 0.717) is 12.5 Å². The Labute approximate surface area is 134 Å². The zero-order chi connectivity index (χ0) is 15.6. The van der Waals surface area contributed by atoms with Gasteiger partial charge >= 0.3 is 0 Å². The van der Waals surface area contributed by atoms with E-state index in [4.69, 9.17) is 9.72 Å². The summed E-state index contributed by atoms with van der Waals surface area (Å²) in [5.41, 5.74) is 2.98. The van der Waals surface area contributed by atoms with Gasteiger partial charge in [-0.25, -0.2) is 9.97 Å². The van der Waals surface area contributed by atoms with Crippen molar-refractivity contribution < 1.29 is 9.84 Å². The monoisotopic (exact) mass is 309 g/mol. The summed E-state index contributed by atoms with van der Waals surface area (Å²) >= 11 is 0. The van der Waals surface area contributed by atoms with Gasteiger partial charge in [0, 0.05) is 25.3 Å². The van der Waals surface area contributed by atoms with Crippen LogP contribution in [0.3, 0.4) is 0 Å². The van der Waals surface area contributed by atoms with E-state index in [2.05, 4.69) is 9.55 Å². The van der Waals surface area contributed by atoms with Crippen molar-refractivity contribution in [3.8, 4) is 5.75 Å². The fraction of sp³-hybridized carbons (Fsp3) is 0.333. The molecule has 3 heterocycles.